The van der Waals surface area contributed by atoms with Crippen LogP contribution in [0.5, 0.6) is 0 Å². The van der Waals surface area contributed by atoms with Crippen molar-refractivity contribution in [2.45, 2.75) is 19.6 Å². The summed E-state index contributed by atoms with van der Waals surface area (Å²) in [5.41, 5.74) is 2.25. The van der Waals surface area contributed by atoms with E-state index in [1.54, 1.807) is 0 Å². The van der Waals surface area contributed by atoms with E-state index in [0.717, 1.165) is 24.3 Å². The van der Waals surface area contributed by atoms with Crippen molar-refractivity contribution in [3.05, 3.63) is 17.5 Å². The Bertz CT molecular complexity index is 416. The van der Waals surface area contributed by atoms with Gasteiger partial charge in [0.25, 0.3) is 0 Å². The lowest BCUT2D eigenvalue weighted by Crippen LogP contribution is -2.45. The van der Waals surface area contributed by atoms with Crippen molar-refractivity contribution in [3.8, 4) is 0 Å². The zero-order valence-electron chi connectivity index (χ0n) is 10.1. The number of aromatic nitrogens is 2. The third-order valence-electron chi connectivity index (χ3n) is 3.16. The summed E-state index contributed by atoms with van der Waals surface area (Å²) in [6.07, 6.45) is 1.13. The van der Waals surface area contributed by atoms with Crippen LogP contribution < -0.4 is 0 Å². The molecule has 2 rings (SSSR count). The molecule has 1 fully saturated rings. The van der Waals surface area contributed by atoms with Gasteiger partial charge in [-0.3, -0.25) is 9.58 Å². The number of hydrogen-bond acceptors (Lipinski definition) is 4. The minimum absolute atomic E-state index is 0.434. The number of rotatable bonds is 3. The first-order chi connectivity index (χ1) is 8.08. The van der Waals surface area contributed by atoms with Gasteiger partial charge in [0.15, 0.2) is 6.10 Å². The highest BCUT2D eigenvalue weighted by Gasteiger charge is 2.26. The Kier molecular flexibility index (Phi) is 3.44. The van der Waals surface area contributed by atoms with E-state index in [-0.39, 0.29) is 0 Å². The second kappa shape index (κ2) is 4.85. The topological polar surface area (TPSA) is 67.6 Å². The lowest BCUT2D eigenvalue weighted by Gasteiger charge is -2.30. The van der Waals surface area contributed by atoms with Gasteiger partial charge < -0.3 is 9.84 Å². The zero-order chi connectivity index (χ0) is 12.4. The second-order valence-corrected chi connectivity index (χ2v) is 4.31. The fraction of sp³-hybridized carbons (Fsp3) is 0.636. The van der Waals surface area contributed by atoms with E-state index < -0.39 is 12.1 Å². The summed E-state index contributed by atoms with van der Waals surface area (Å²) < 4.78 is 7.00. The summed E-state index contributed by atoms with van der Waals surface area (Å²) in [5, 5.41) is 13.1. The molecule has 0 amide bonds. The summed E-state index contributed by atoms with van der Waals surface area (Å²) in [4.78, 5) is 12.9. The van der Waals surface area contributed by atoms with Crippen LogP contribution in [-0.4, -0.2) is 51.6 Å². The van der Waals surface area contributed by atoms with Gasteiger partial charge in [0, 0.05) is 37.9 Å². The molecule has 1 unspecified atom stereocenters. The van der Waals surface area contributed by atoms with Gasteiger partial charge in [-0.25, -0.2) is 4.79 Å². The predicted molar refractivity (Wildman–Crippen MR) is 60.6 cm³/mol. The zero-order valence-corrected chi connectivity index (χ0v) is 10.1. The summed E-state index contributed by atoms with van der Waals surface area (Å²) in [6, 6.07) is 0. The fourth-order valence-electron chi connectivity index (χ4n) is 1.94. The average Bonchev–Trinajstić information content (AvgIpc) is 2.61. The highest BCUT2D eigenvalue weighted by atomic mass is 16.5. The molecule has 0 saturated carbocycles. The van der Waals surface area contributed by atoms with Crippen LogP contribution in [0.3, 0.4) is 0 Å². The molecule has 94 valence electrons. The maximum absolute atomic E-state index is 10.9. The van der Waals surface area contributed by atoms with Crippen LogP contribution in [0.25, 0.3) is 0 Å². The minimum Gasteiger partial charge on any atom is -0.479 e. The van der Waals surface area contributed by atoms with Crippen LogP contribution in [0.1, 0.15) is 11.3 Å². The van der Waals surface area contributed by atoms with Crippen LogP contribution in [-0.2, 0) is 23.1 Å². The Morgan fingerprint density at radius 2 is 2.47 bits per heavy atom. The Hall–Kier alpha value is -1.40. The van der Waals surface area contributed by atoms with Crippen molar-refractivity contribution in [3.63, 3.8) is 0 Å². The Morgan fingerprint density at radius 1 is 1.71 bits per heavy atom. The third kappa shape index (κ3) is 2.65. The largest absolute Gasteiger partial charge is 0.479 e. The lowest BCUT2D eigenvalue weighted by atomic mass is 10.2. The molecule has 6 heteroatoms. The van der Waals surface area contributed by atoms with Gasteiger partial charge in [0.2, 0.25) is 0 Å². The standard InChI is InChI=1S/C11H17N3O3/c1-8-9(5-12-13(8)2)6-14-3-4-17-10(7-14)11(15)16/h5,10H,3-4,6-7H2,1-2H3,(H,15,16). The molecule has 1 N–H and O–H groups in total. The number of ether oxygens (including phenoxy) is 1. The summed E-state index contributed by atoms with van der Waals surface area (Å²) >= 11 is 0. The first-order valence-corrected chi connectivity index (χ1v) is 5.62. The van der Waals surface area contributed by atoms with E-state index >= 15 is 0 Å². The molecule has 0 aliphatic carbocycles. The molecule has 1 aliphatic heterocycles. The van der Waals surface area contributed by atoms with Gasteiger partial charge in [-0.1, -0.05) is 0 Å². The van der Waals surface area contributed by atoms with Gasteiger partial charge >= 0.3 is 5.97 Å². The number of aliphatic carboxylic acids is 1. The molecule has 1 aromatic heterocycles. The average molecular weight is 239 g/mol. The SMILES string of the molecule is Cc1c(CN2CCOC(C(=O)O)C2)cnn1C. The number of nitrogens with zero attached hydrogens (tertiary/aromatic N) is 3. The molecule has 1 saturated heterocycles. The number of carboxylic acid groups (broad SMARTS) is 1. The van der Waals surface area contributed by atoms with Crippen LogP contribution in [0.15, 0.2) is 6.20 Å². The van der Waals surface area contributed by atoms with Crippen molar-refractivity contribution in [2.75, 3.05) is 19.7 Å². The predicted octanol–water partition coefficient (Wildman–Crippen LogP) is 0.0139. The smallest absolute Gasteiger partial charge is 0.334 e. The lowest BCUT2D eigenvalue weighted by molar-refractivity contribution is -0.156. The van der Waals surface area contributed by atoms with Crippen molar-refractivity contribution >= 4 is 5.97 Å². The summed E-state index contributed by atoms with van der Waals surface area (Å²) in [6.45, 7) is 4.41. The van der Waals surface area contributed by atoms with Crippen molar-refractivity contribution in [1.29, 1.82) is 0 Å². The quantitative estimate of drug-likeness (QED) is 0.805. The number of aryl methyl sites for hydroxylation is 1. The molecular weight excluding hydrogens is 222 g/mol. The van der Waals surface area contributed by atoms with E-state index in [1.807, 2.05) is 24.9 Å². The molecule has 0 bridgehead atoms. The second-order valence-electron chi connectivity index (χ2n) is 4.31. The van der Waals surface area contributed by atoms with Crippen LogP contribution in [0, 0.1) is 6.92 Å². The van der Waals surface area contributed by atoms with Crippen molar-refractivity contribution < 1.29 is 14.6 Å². The van der Waals surface area contributed by atoms with Crippen LogP contribution >= 0.6 is 0 Å². The van der Waals surface area contributed by atoms with Gasteiger partial charge in [-0.05, 0) is 6.92 Å². The molecule has 6 nitrogen and oxygen atoms in total. The van der Waals surface area contributed by atoms with Gasteiger partial charge in [-0.15, -0.1) is 0 Å². The summed E-state index contributed by atoms with van der Waals surface area (Å²) in [5.74, 6) is -0.891. The number of carboxylic acids is 1. The Morgan fingerprint density at radius 3 is 3.06 bits per heavy atom. The highest BCUT2D eigenvalue weighted by Crippen LogP contribution is 2.13. The molecule has 1 aromatic rings. The van der Waals surface area contributed by atoms with Gasteiger partial charge in [0.1, 0.15) is 0 Å². The monoisotopic (exact) mass is 239 g/mol. The normalized spacial score (nSPS) is 21.6. The summed E-state index contributed by atoms with van der Waals surface area (Å²) in [7, 11) is 1.90. The van der Waals surface area contributed by atoms with Gasteiger partial charge in [0.05, 0.1) is 12.8 Å². The van der Waals surface area contributed by atoms with E-state index in [1.165, 1.54) is 0 Å². The van der Waals surface area contributed by atoms with Crippen LogP contribution in [0.2, 0.25) is 0 Å². The van der Waals surface area contributed by atoms with E-state index in [4.69, 9.17) is 9.84 Å². The molecular formula is C11H17N3O3. The highest BCUT2D eigenvalue weighted by molar-refractivity contribution is 5.72. The molecule has 0 radical (unpaired) electrons. The molecule has 17 heavy (non-hydrogen) atoms. The Labute approximate surface area is 99.8 Å². The minimum atomic E-state index is -0.891. The molecule has 0 aromatic carbocycles. The van der Waals surface area contributed by atoms with Crippen molar-refractivity contribution in [1.82, 2.24) is 14.7 Å². The maximum atomic E-state index is 10.9. The Balaban J connectivity index is 1.99. The van der Waals surface area contributed by atoms with E-state index in [0.29, 0.717) is 13.2 Å². The molecule has 1 atom stereocenters. The van der Waals surface area contributed by atoms with Crippen LogP contribution in [0.4, 0.5) is 0 Å². The fourth-order valence-corrected chi connectivity index (χ4v) is 1.94. The first kappa shape index (κ1) is 12.1. The third-order valence-corrected chi connectivity index (χ3v) is 3.16. The number of carbonyl (C=O) groups is 1. The van der Waals surface area contributed by atoms with Gasteiger partial charge in [-0.2, -0.15) is 5.10 Å². The molecule has 0 spiro atoms. The maximum Gasteiger partial charge on any atom is 0.334 e. The number of hydrogen-bond donors (Lipinski definition) is 1. The molecule has 1 aliphatic rings. The first-order valence-electron chi connectivity index (χ1n) is 5.62. The number of morpholine rings is 1. The van der Waals surface area contributed by atoms with E-state index in [9.17, 15) is 4.79 Å². The van der Waals surface area contributed by atoms with E-state index in [2.05, 4.69) is 10.00 Å². The molecule has 2 heterocycles. The van der Waals surface area contributed by atoms with Crippen molar-refractivity contribution in [2.24, 2.45) is 7.05 Å².